The van der Waals surface area contributed by atoms with Crippen LogP contribution in [0.1, 0.15) is 91.4 Å². The van der Waals surface area contributed by atoms with Gasteiger partial charge in [-0.2, -0.15) is 0 Å². The molecule has 1 nitrogen and oxygen atoms in total. The van der Waals surface area contributed by atoms with Gasteiger partial charge in [0.15, 0.2) is 0 Å². The molecule has 0 aliphatic heterocycles. The first-order valence-electron chi connectivity index (χ1n) is 8.27. The van der Waals surface area contributed by atoms with Crippen LogP contribution in [-0.4, -0.2) is 13.6 Å². The fraction of sp³-hybridized carbons (Fsp3) is 1.00. The summed E-state index contributed by atoms with van der Waals surface area (Å²) < 4.78 is 0. The third-order valence-electron chi connectivity index (χ3n) is 3.86. The Labute approximate surface area is 116 Å². The van der Waals surface area contributed by atoms with Crippen LogP contribution < -0.4 is 5.32 Å². The molecule has 0 aromatic heterocycles. The average molecular weight is 255 g/mol. The summed E-state index contributed by atoms with van der Waals surface area (Å²) in [5, 5.41) is 3.29. The Morgan fingerprint density at radius 3 is 1.61 bits per heavy atom. The minimum atomic E-state index is 0.481. The molecule has 0 rings (SSSR count). The van der Waals surface area contributed by atoms with Gasteiger partial charge >= 0.3 is 0 Å². The first-order chi connectivity index (χ1) is 8.62. The van der Waals surface area contributed by atoms with Crippen LogP contribution in [0.15, 0.2) is 0 Å². The molecule has 0 fully saturated rings. The predicted octanol–water partition coefficient (Wildman–Crippen LogP) is 5.54. The minimum Gasteiger partial charge on any atom is -0.319 e. The molecule has 0 saturated carbocycles. The Morgan fingerprint density at radius 1 is 0.722 bits per heavy atom. The van der Waals surface area contributed by atoms with Gasteiger partial charge in [0.2, 0.25) is 0 Å². The molecule has 0 aliphatic rings. The first kappa shape index (κ1) is 18.0. The van der Waals surface area contributed by atoms with Crippen molar-refractivity contribution >= 4 is 0 Å². The molecule has 0 amide bonds. The maximum atomic E-state index is 3.29. The Kier molecular flexibility index (Phi) is 12.0. The van der Waals surface area contributed by atoms with Crippen molar-refractivity contribution in [1.29, 1.82) is 0 Å². The van der Waals surface area contributed by atoms with Crippen LogP contribution in [0.3, 0.4) is 0 Å². The van der Waals surface area contributed by atoms with Crippen LogP contribution in [0.5, 0.6) is 0 Å². The van der Waals surface area contributed by atoms with Gasteiger partial charge in [-0.15, -0.1) is 0 Å². The van der Waals surface area contributed by atoms with Crippen molar-refractivity contribution in [2.24, 2.45) is 5.41 Å². The highest BCUT2D eigenvalue weighted by Crippen LogP contribution is 2.23. The third-order valence-corrected chi connectivity index (χ3v) is 3.86. The molecule has 0 aromatic rings. The zero-order chi connectivity index (χ0) is 13.7. The second-order valence-corrected chi connectivity index (χ2v) is 6.63. The van der Waals surface area contributed by atoms with Crippen molar-refractivity contribution in [3.63, 3.8) is 0 Å². The summed E-state index contributed by atoms with van der Waals surface area (Å²) in [6, 6.07) is 0. The van der Waals surface area contributed by atoms with Crippen molar-refractivity contribution in [2.45, 2.75) is 91.4 Å². The van der Waals surface area contributed by atoms with Gasteiger partial charge in [0, 0.05) is 0 Å². The van der Waals surface area contributed by atoms with Gasteiger partial charge in [0.25, 0.3) is 0 Å². The Balaban J connectivity index is 3.16. The lowest BCUT2D eigenvalue weighted by atomic mass is 9.87. The van der Waals surface area contributed by atoms with Gasteiger partial charge in [0.1, 0.15) is 0 Å². The van der Waals surface area contributed by atoms with E-state index in [4.69, 9.17) is 0 Å². The van der Waals surface area contributed by atoms with E-state index in [1.165, 1.54) is 70.6 Å². The largest absolute Gasteiger partial charge is 0.319 e. The van der Waals surface area contributed by atoms with Gasteiger partial charge < -0.3 is 5.32 Å². The molecule has 1 heteroatoms. The van der Waals surface area contributed by atoms with Crippen LogP contribution in [0, 0.1) is 5.41 Å². The number of unbranched alkanes of at least 4 members (excludes halogenated alkanes) is 9. The summed E-state index contributed by atoms with van der Waals surface area (Å²) in [6.45, 7) is 8.18. The molecule has 1 N–H and O–H groups in total. The molecule has 0 unspecified atom stereocenters. The smallest absolute Gasteiger partial charge is 0.0000488 e. The maximum Gasteiger partial charge on any atom is -0.0000488 e. The lowest BCUT2D eigenvalue weighted by molar-refractivity contribution is 0.309. The lowest BCUT2D eigenvalue weighted by Gasteiger charge is -2.23. The van der Waals surface area contributed by atoms with Gasteiger partial charge in [-0.05, 0) is 25.4 Å². The summed E-state index contributed by atoms with van der Waals surface area (Å²) in [4.78, 5) is 0. The number of nitrogens with one attached hydrogen (secondary N) is 1. The average Bonchev–Trinajstić information content (AvgIpc) is 2.31. The van der Waals surface area contributed by atoms with E-state index in [0.29, 0.717) is 5.41 Å². The third kappa shape index (κ3) is 12.4. The van der Waals surface area contributed by atoms with E-state index in [1.807, 2.05) is 0 Å². The van der Waals surface area contributed by atoms with Gasteiger partial charge in [-0.1, -0.05) is 85.0 Å². The molecular weight excluding hydrogens is 218 g/mol. The van der Waals surface area contributed by atoms with E-state index < -0.39 is 0 Å². The maximum absolute atomic E-state index is 3.29. The van der Waals surface area contributed by atoms with Crippen molar-refractivity contribution in [3.05, 3.63) is 0 Å². The highest BCUT2D eigenvalue weighted by molar-refractivity contribution is 4.70. The SMILES string of the molecule is CCCCCCCCCCCCC(C)(C)CNC. The summed E-state index contributed by atoms with van der Waals surface area (Å²) in [7, 11) is 2.06. The van der Waals surface area contributed by atoms with Crippen LogP contribution in [0.25, 0.3) is 0 Å². The van der Waals surface area contributed by atoms with E-state index >= 15 is 0 Å². The molecule has 110 valence electrons. The molecule has 0 spiro atoms. The molecule has 0 aliphatic carbocycles. The number of rotatable bonds is 13. The summed E-state index contributed by atoms with van der Waals surface area (Å²) >= 11 is 0. The monoisotopic (exact) mass is 255 g/mol. The molecular formula is C17H37N. The highest BCUT2D eigenvalue weighted by Gasteiger charge is 2.15. The molecule has 0 saturated heterocycles. The van der Waals surface area contributed by atoms with E-state index in [1.54, 1.807) is 0 Å². The predicted molar refractivity (Wildman–Crippen MR) is 84.2 cm³/mol. The molecule has 0 atom stereocenters. The Bertz CT molecular complexity index is 163. The van der Waals surface area contributed by atoms with E-state index in [0.717, 1.165) is 6.54 Å². The van der Waals surface area contributed by atoms with Gasteiger partial charge in [0.05, 0.1) is 0 Å². The second-order valence-electron chi connectivity index (χ2n) is 6.63. The lowest BCUT2D eigenvalue weighted by Crippen LogP contribution is -2.26. The van der Waals surface area contributed by atoms with Crippen molar-refractivity contribution < 1.29 is 0 Å². The van der Waals surface area contributed by atoms with Crippen LogP contribution in [0.4, 0.5) is 0 Å². The fourth-order valence-corrected chi connectivity index (χ4v) is 2.66. The Morgan fingerprint density at radius 2 is 1.17 bits per heavy atom. The second kappa shape index (κ2) is 12.0. The quantitative estimate of drug-likeness (QED) is 0.426. The topological polar surface area (TPSA) is 12.0 Å². The van der Waals surface area contributed by atoms with Crippen LogP contribution in [0.2, 0.25) is 0 Å². The molecule has 0 bridgehead atoms. The first-order valence-corrected chi connectivity index (χ1v) is 8.27. The van der Waals surface area contributed by atoms with Crippen LogP contribution in [-0.2, 0) is 0 Å². The fourth-order valence-electron chi connectivity index (χ4n) is 2.66. The Hall–Kier alpha value is -0.0400. The molecule has 0 heterocycles. The van der Waals surface area contributed by atoms with Gasteiger partial charge in [-0.25, -0.2) is 0 Å². The zero-order valence-electron chi connectivity index (χ0n) is 13.5. The van der Waals surface area contributed by atoms with Crippen LogP contribution >= 0.6 is 0 Å². The molecule has 0 radical (unpaired) electrons. The summed E-state index contributed by atoms with van der Waals surface area (Å²) in [5.41, 5.74) is 0.481. The number of hydrogen-bond donors (Lipinski definition) is 1. The normalized spacial score (nSPS) is 12.0. The van der Waals surface area contributed by atoms with Crippen molar-refractivity contribution in [3.8, 4) is 0 Å². The summed E-state index contributed by atoms with van der Waals surface area (Å²) in [5.74, 6) is 0. The number of hydrogen-bond acceptors (Lipinski definition) is 1. The molecule has 0 aromatic carbocycles. The highest BCUT2D eigenvalue weighted by atomic mass is 14.8. The van der Waals surface area contributed by atoms with E-state index in [-0.39, 0.29) is 0 Å². The van der Waals surface area contributed by atoms with Crippen molar-refractivity contribution in [1.82, 2.24) is 5.32 Å². The minimum absolute atomic E-state index is 0.481. The zero-order valence-corrected chi connectivity index (χ0v) is 13.5. The van der Waals surface area contributed by atoms with E-state index in [2.05, 4.69) is 33.1 Å². The van der Waals surface area contributed by atoms with E-state index in [9.17, 15) is 0 Å². The summed E-state index contributed by atoms with van der Waals surface area (Å²) in [6.07, 6.45) is 15.7. The standard InChI is InChI=1S/C17H37N/c1-5-6-7-8-9-10-11-12-13-14-15-17(2,3)16-18-4/h18H,5-16H2,1-4H3. The van der Waals surface area contributed by atoms with Crippen molar-refractivity contribution in [2.75, 3.05) is 13.6 Å². The van der Waals surface area contributed by atoms with Gasteiger partial charge in [-0.3, -0.25) is 0 Å². The molecule has 18 heavy (non-hydrogen) atoms.